The lowest BCUT2D eigenvalue weighted by atomic mass is 9.96. The third-order valence-corrected chi connectivity index (χ3v) is 4.49. The van der Waals surface area contributed by atoms with Crippen LogP contribution in [-0.2, 0) is 4.79 Å². The molecule has 1 aromatic carbocycles. The molecule has 0 bridgehead atoms. The van der Waals surface area contributed by atoms with E-state index in [2.05, 4.69) is 10.3 Å². The van der Waals surface area contributed by atoms with Gasteiger partial charge in [-0.25, -0.2) is 9.37 Å². The van der Waals surface area contributed by atoms with Gasteiger partial charge < -0.3 is 16.8 Å². The van der Waals surface area contributed by atoms with Crippen molar-refractivity contribution in [2.24, 2.45) is 5.73 Å². The Hall–Kier alpha value is -2.51. The summed E-state index contributed by atoms with van der Waals surface area (Å²) in [5, 5.41) is 3.18. The molecule has 2 atom stereocenters. The van der Waals surface area contributed by atoms with E-state index < -0.39 is 23.5 Å². The molecule has 2 aromatic rings. The number of carbonyl (C=O) groups excluding carboxylic acids is 2. The van der Waals surface area contributed by atoms with E-state index in [1.807, 2.05) is 6.92 Å². The molecule has 0 aliphatic heterocycles. The van der Waals surface area contributed by atoms with Crippen LogP contribution in [0.4, 0.5) is 10.2 Å². The van der Waals surface area contributed by atoms with Gasteiger partial charge in [0.15, 0.2) is 5.78 Å². The second kappa shape index (κ2) is 8.92. The first-order valence-corrected chi connectivity index (χ1v) is 8.90. The zero-order valence-electron chi connectivity index (χ0n) is 15.1. The molecular formula is C19H22ClFN4O2. The minimum absolute atomic E-state index is 0.0121. The Kier molecular flexibility index (Phi) is 6.87. The number of anilines is 1. The zero-order valence-corrected chi connectivity index (χ0v) is 15.9. The van der Waals surface area contributed by atoms with Gasteiger partial charge in [-0.1, -0.05) is 24.6 Å². The van der Waals surface area contributed by atoms with Gasteiger partial charge in [0.25, 0.3) is 0 Å². The third kappa shape index (κ3) is 5.02. The number of hydrogen-bond acceptors (Lipinski definition) is 5. The monoisotopic (exact) mass is 392 g/mol. The molecule has 0 radical (unpaired) electrons. The van der Waals surface area contributed by atoms with E-state index in [4.69, 9.17) is 23.1 Å². The second-order valence-electron chi connectivity index (χ2n) is 6.33. The van der Waals surface area contributed by atoms with Crippen molar-refractivity contribution in [3.05, 3.63) is 58.0 Å². The Morgan fingerprint density at radius 1 is 1.30 bits per heavy atom. The number of nitrogen functional groups attached to an aromatic ring is 1. The summed E-state index contributed by atoms with van der Waals surface area (Å²) < 4.78 is 15.2. The number of nitrogens with two attached hydrogens (primary N) is 2. The molecule has 0 fully saturated rings. The number of halogens is 2. The molecule has 144 valence electrons. The van der Waals surface area contributed by atoms with Crippen LogP contribution in [0.3, 0.4) is 0 Å². The maximum absolute atomic E-state index is 15.2. The highest BCUT2D eigenvalue weighted by molar-refractivity contribution is 6.35. The number of nitrogens with one attached hydrogen (secondary N) is 1. The Morgan fingerprint density at radius 3 is 2.56 bits per heavy atom. The fourth-order valence-electron chi connectivity index (χ4n) is 2.86. The van der Waals surface area contributed by atoms with Crippen molar-refractivity contribution >= 4 is 29.1 Å². The Morgan fingerprint density at radius 2 is 2.00 bits per heavy atom. The van der Waals surface area contributed by atoms with Gasteiger partial charge in [-0.3, -0.25) is 9.59 Å². The van der Waals surface area contributed by atoms with E-state index in [0.29, 0.717) is 12.0 Å². The number of hydrogen-bond donors (Lipinski definition) is 3. The number of ketones is 1. The fourth-order valence-corrected chi connectivity index (χ4v) is 3.09. The molecule has 1 heterocycles. The topological polar surface area (TPSA) is 111 Å². The van der Waals surface area contributed by atoms with Crippen molar-refractivity contribution in [3.63, 3.8) is 0 Å². The molecule has 27 heavy (non-hydrogen) atoms. The van der Waals surface area contributed by atoms with Crippen LogP contribution in [-0.4, -0.2) is 22.7 Å². The van der Waals surface area contributed by atoms with E-state index in [1.165, 1.54) is 30.5 Å². The Labute approximate surface area is 162 Å². The van der Waals surface area contributed by atoms with Crippen molar-refractivity contribution in [2.75, 3.05) is 5.73 Å². The largest absolute Gasteiger partial charge is 0.384 e. The lowest BCUT2D eigenvalue weighted by Gasteiger charge is -2.23. The summed E-state index contributed by atoms with van der Waals surface area (Å²) in [5.41, 5.74) is 11.0. The first-order valence-electron chi connectivity index (χ1n) is 8.53. The molecule has 0 saturated heterocycles. The molecule has 2 rings (SSSR count). The van der Waals surface area contributed by atoms with Gasteiger partial charge >= 0.3 is 0 Å². The number of carbonyl (C=O) groups is 2. The summed E-state index contributed by atoms with van der Waals surface area (Å²) in [5.74, 6) is -1.47. The predicted octanol–water partition coefficient (Wildman–Crippen LogP) is 2.99. The lowest BCUT2D eigenvalue weighted by Crippen LogP contribution is -2.34. The summed E-state index contributed by atoms with van der Waals surface area (Å²) in [7, 11) is 0. The van der Waals surface area contributed by atoms with Crippen LogP contribution in [0.2, 0.25) is 5.02 Å². The molecule has 1 unspecified atom stereocenters. The van der Waals surface area contributed by atoms with E-state index in [0.717, 1.165) is 0 Å². The van der Waals surface area contributed by atoms with Crippen LogP contribution < -0.4 is 16.8 Å². The molecule has 1 aromatic heterocycles. The molecule has 0 spiro atoms. The normalized spacial score (nSPS) is 13.2. The van der Waals surface area contributed by atoms with Gasteiger partial charge in [0.2, 0.25) is 5.91 Å². The van der Waals surface area contributed by atoms with Crippen molar-refractivity contribution in [3.8, 4) is 0 Å². The highest BCUT2D eigenvalue weighted by Crippen LogP contribution is 2.30. The molecule has 0 aliphatic carbocycles. The van der Waals surface area contributed by atoms with Crippen molar-refractivity contribution < 1.29 is 14.0 Å². The van der Waals surface area contributed by atoms with Gasteiger partial charge in [0.1, 0.15) is 11.6 Å². The quantitative estimate of drug-likeness (QED) is 0.598. The maximum Gasteiger partial charge on any atom is 0.218 e. The SMILES string of the molecule is CCC(N[C@@H](C)CC(N)=O)c1ccc(Cl)c(C(=O)c2ccc(N)nc2)c1F. The van der Waals surface area contributed by atoms with Crippen LogP contribution >= 0.6 is 11.6 Å². The number of nitrogens with zero attached hydrogens (tertiary/aromatic N) is 1. The number of rotatable bonds is 8. The van der Waals surface area contributed by atoms with Crippen molar-refractivity contribution in [1.82, 2.24) is 10.3 Å². The molecule has 6 nitrogen and oxygen atoms in total. The predicted molar refractivity (Wildman–Crippen MR) is 103 cm³/mol. The summed E-state index contributed by atoms with van der Waals surface area (Å²) in [6.07, 6.45) is 1.94. The molecule has 0 saturated carbocycles. The van der Waals surface area contributed by atoms with E-state index in [-0.39, 0.29) is 34.4 Å². The highest BCUT2D eigenvalue weighted by Gasteiger charge is 2.25. The molecule has 1 amide bonds. The van der Waals surface area contributed by atoms with Crippen LogP contribution in [0.25, 0.3) is 0 Å². The lowest BCUT2D eigenvalue weighted by molar-refractivity contribution is -0.118. The maximum atomic E-state index is 15.2. The fraction of sp³-hybridized carbons (Fsp3) is 0.316. The zero-order chi connectivity index (χ0) is 20.1. The van der Waals surface area contributed by atoms with Crippen LogP contribution in [0.15, 0.2) is 30.5 Å². The molecule has 0 aliphatic rings. The first-order chi connectivity index (χ1) is 12.7. The number of primary amides is 1. The van der Waals surface area contributed by atoms with Gasteiger partial charge in [-0.05, 0) is 31.5 Å². The van der Waals surface area contributed by atoms with E-state index in [1.54, 1.807) is 6.92 Å². The minimum Gasteiger partial charge on any atom is -0.384 e. The second-order valence-corrected chi connectivity index (χ2v) is 6.73. The first kappa shape index (κ1) is 20.8. The highest BCUT2D eigenvalue weighted by atomic mass is 35.5. The van der Waals surface area contributed by atoms with E-state index >= 15 is 4.39 Å². The van der Waals surface area contributed by atoms with Gasteiger partial charge in [0.05, 0.1) is 10.6 Å². The summed E-state index contributed by atoms with van der Waals surface area (Å²) in [6.45, 7) is 3.65. The number of amides is 1. The number of benzene rings is 1. The summed E-state index contributed by atoms with van der Waals surface area (Å²) in [6, 6.07) is 5.30. The minimum atomic E-state index is -0.699. The van der Waals surface area contributed by atoms with Crippen molar-refractivity contribution in [1.29, 1.82) is 0 Å². The smallest absolute Gasteiger partial charge is 0.218 e. The Balaban J connectivity index is 2.39. The van der Waals surface area contributed by atoms with Gasteiger partial charge in [-0.15, -0.1) is 0 Å². The van der Waals surface area contributed by atoms with E-state index in [9.17, 15) is 9.59 Å². The molecular weight excluding hydrogens is 371 g/mol. The average molecular weight is 393 g/mol. The number of pyridine rings is 1. The van der Waals surface area contributed by atoms with Crippen LogP contribution in [0.1, 0.15) is 54.2 Å². The Bertz CT molecular complexity index is 842. The number of aromatic nitrogens is 1. The van der Waals surface area contributed by atoms with Gasteiger partial charge in [0, 0.05) is 35.8 Å². The standard InChI is InChI=1S/C19H22ClFN4O2/c1-3-14(25-10(2)8-16(23)26)12-5-6-13(20)17(18(12)21)19(27)11-4-7-15(22)24-9-11/h4-7,9-10,14,25H,3,8H2,1-2H3,(H2,22,24)(H2,23,26)/t10-,14?/m0/s1. The van der Waals surface area contributed by atoms with Crippen molar-refractivity contribution in [2.45, 2.75) is 38.8 Å². The van der Waals surface area contributed by atoms with Gasteiger partial charge in [-0.2, -0.15) is 0 Å². The summed E-state index contributed by atoms with van der Waals surface area (Å²) >= 11 is 6.11. The van der Waals surface area contributed by atoms with Crippen LogP contribution in [0.5, 0.6) is 0 Å². The third-order valence-electron chi connectivity index (χ3n) is 4.17. The molecule has 5 N–H and O–H groups in total. The average Bonchev–Trinajstić information content (AvgIpc) is 2.60. The summed E-state index contributed by atoms with van der Waals surface area (Å²) in [4.78, 5) is 27.7. The van der Waals surface area contributed by atoms with Crippen LogP contribution in [0, 0.1) is 5.82 Å². The molecule has 8 heteroatoms.